The van der Waals surface area contributed by atoms with Crippen molar-refractivity contribution in [1.29, 1.82) is 0 Å². The molecule has 0 amide bonds. The van der Waals surface area contributed by atoms with Crippen molar-refractivity contribution in [2.45, 2.75) is 12.2 Å². The molecule has 0 fully saturated rings. The predicted octanol–water partition coefficient (Wildman–Crippen LogP) is -0.457. The molecule has 1 unspecified atom stereocenters. The maximum Gasteiger partial charge on any atom is 0.237 e. The molecule has 0 spiro atoms. The number of nitrogens with zero attached hydrogens (tertiary/aromatic N) is 2. The molecule has 6 nitrogen and oxygen atoms in total. The Morgan fingerprint density at radius 3 is 2.79 bits per heavy atom. The molecular weight excluding hydrogens is 206 g/mol. The van der Waals surface area contributed by atoms with Crippen LogP contribution in [0, 0.1) is 0 Å². The molecule has 0 aliphatic carbocycles. The van der Waals surface area contributed by atoms with Gasteiger partial charge in [0, 0.05) is 13.2 Å². The Bertz CT molecular complexity index is 398. The van der Waals surface area contributed by atoms with Crippen molar-refractivity contribution in [2.24, 2.45) is 7.05 Å². The van der Waals surface area contributed by atoms with Crippen molar-refractivity contribution in [3.8, 4) is 0 Å². The highest BCUT2D eigenvalue weighted by molar-refractivity contribution is 7.93. The largest absolute Gasteiger partial charge is 0.395 e. The van der Waals surface area contributed by atoms with E-state index < -0.39 is 21.9 Å². The molecule has 14 heavy (non-hydrogen) atoms. The minimum Gasteiger partial charge on any atom is -0.395 e. The van der Waals surface area contributed by atoms with Crippen LogP contribution in [-0.4, -0.2) is 35.2 Å². The van der Waals surface area contributed by atoms with Crippen LogP contribution >= 0.6 is 0 Å². The van der Waals surface area contributed by atoms with E-state index in [9.17, 15) is 8.42 Å². The first kappa shape index (κ1) is 11.0. The van der Waals surface area contributed by atoms with Crippen LogP contribution in [0.15, 0.2) is 12.4 Å². The van der Waals surface area contributed by atoms with Crippen LogP contribution in [0.3, 0.4) is 0 Å². The lowest BCUT2D eigenvalue weighted by molar-refractivity contribution is 0.296. The Balaban J connectivity index is 2.78. The molecule has 0 aliphatic heterocycles. The van der Waals surface area contributed by atoms with Gasteiger partial charge in [-0.25, -0.2) is 8.42 Å². The molecule has 1 atom stereocenters. The number of aryl methyl sites for hydroxylation is 1. The molecule has 0 saturated carbocycles. The summed E-state index contributed by atoms with van der Waals surface area (Å²) in [7, 11) is -1.82. The lowest BCUT2D eigenvalue weighted by Crippen LogP contribution is -2.27. The molecule has 2 N–H and O–H groups in total. The maximum absolute atomic E-state index is 11.4. The zero-order valence-corrected chi connectivity index (χ0v) is 8.82. The van der Waals surface area contributed by atoms with Gasteiger partial charge >= 0.3 is 0 Å². The molecule has 0 saturated heterocycles. The van der Waals surface area contributed by atoms with Crippen molar-refractivity contribution < 1.29 is 13.5 Å². The monoisotopic (exact) mass is 219 g/mol. The van der Waals surface area contributed by atoms with Gasteiger partial charge in [0.25, 0.3) is 0 Å². The molecule has 0 aromatic carbocycles. The van der Waals surface area contributed by atoms with E-state index >= 15 is 0 Å². The van der Waals surface area contributed by atoms with Crippen molar-refractivity contribution in [3.05, 3.63) is 12.4 Å². The highest BCUT2D eigenvalue weighted by Crippen LogP contribution is 2.09. The first-order valence-electron chi connectivity index (χ1n) is 4.07. The number of nitrogens with one attached hydrogen (secondary N) is 1. The Morgan fingerprint density at radius 1 is 1.71 bits per heavy atom. The number of hydrogen-bond donors (Lipinski definition) is 2. The first-order valence-corrected chi connectivity index (χ1v) is 5.61. The Morgan fingerprint density at radius 2 is 2.36 bits per heavy atom. The summed E-state index contributed by atoms with van der Waals surface area (Å²) in [5, 5.41) is 11.7. The fraction of sp³-hybridized carbons (Fsp3) is 0.571. The number of rotatable bonds is 4. The molecule has 1 rings (SSSR count). The van der Waals surface area contributed by atoms with Gasteiger partial charge in [-0.15, -0.1) is 0 Å². The van der Waals surface area contributed by atoms with Gasteiger partial charge < -0.3 is 5.11 Å². The van der Waals surface area contributed by atoms with E-state index in [2.05, 4.69) is 9.82 Å². The zero-order chi connectivity index (χ0) is 10.8. The van der Waals surface area contributed by atoms with E-state index in [1.165, 1.54) is 17.8 Å². The molecule has 1 aromatic rings. The van der Waals surface area contributed by atoms with Gasteiger partial charge in [0.1, 0.15) is 5.25 Å². The lowest BCUT2D eigenvalue weighted by atomic mass is 10.5. The summed E-state index contributed by atoms with van der Waals surface area (Å²) in [6.07, 6.45) is 2.95. The highest BCUT2D eigenvalue weighted by atomic mass is 32.2. The summed E-state index contributed by atoms with van der Waals surface area (Å²) < 4.78 is 26.7. The normalized spacial score (nSPS) is 13.9. The van der Waals surface area contributed by atoms with Gasteiger partial charge in [-0.1, -0.05) is 0 Å². The van der Waals surface area contributed by atoms with Crippen LogP contribution in [0.2, 0.25) is 0 Å². The Hall–Kier alpha value is -1.08. The third kappa shape index (κ3) is 2.46. The summed E-state index contributed by atoms with van der Waals surface area (Å²) in [4.78, 5) is 0. The molecule has 1 aromatic heterocycles. The highest BCUT2D eigenvalue weighted by Gasteiger charge is 2.19. The van der Waals surface area contributed by atoms with Crippen LogP contribution in [-0.2, 0) is 17.1 Å². The van der Waals surface area contributed by atoms with Gasteiger partial charge in [-0.3, -0.25) is 9.40 Å². The second-order valence-corrected chi connectivity index (χ2v) is 5.14. The van der Waals surface area contributed by atoms with Gasteiger partial charge in [-0.05, 0) is 6.92 Å². The smallest absolute Gasteiger partial charge is 0.237 e. The van der Waals surface area contributed by atoms with E-state index in [0.717, 1.165) is 0 Å². The van der Waals surface area contributed by atoms with Gasteiger partial charge in [-0.2, -0.15) is 5.10 Å². The number of aliphatic hydroxyl groups excluding tert-OH is 1. The van der Waals surface area contributed by atoms with Crippen LogP contribution in [0.4, 0.5) is 5.69 Å². The van der Waals surface area contributed by atoms with Gasteiger partial charge in [0.05, 0.1) is 18.5 Å². The van der Waals surface area contributed by atoms with Crippen molar-refractivity contribution in [3.63, 3.8) is 0 Å². The van der Waals surface area contributed by atoms with Crippen molar-refractivity contribution in [2.75, 3.05) is 11.3 Å². The zero-order valence-electron chi connectivity index (χ0n) is 8.01. The number of aromatic nitrogens is 2. The van der Waals surface area contributed by atoms with E-state index in [0.29, 0.717) is 5.69 Å². The van der Waals surface area contributed by atoms with Crippen LogP contribution in [0.1, 0.15) is 6.92 Å². The number of sulfonamides is 1. The summed E-state index contributed by atoms with van der Waals surface area (Å²) in [6.45, 7) is 1.02. The molecule has 0 radical (unpaired) electrons. The average molecular weight is 219 g/mol. The predicted molar refractivity (Wildman–Crippen MR) is 52.3 cm³/mol. The Kier molecular flexibility index (Phi) is 3.12. The van der Waals surface area contributed by atoms with E-state index in [4.69, 9.17) is 5.11 Å². The van der Waals surface area contributed by atoms with Gasteiger partial charge in [0.2, 0.25) is 10.0 Å². The van der Waals surface area contributed by atoms with E-state index in [1.807, 2.05) is 0 Å². The topological polar surface area (TPSA) is 84.2 Å². The number of aliphatic hydroxyl groups is 1. The molecule has 7 heteroatoms. The van der Waals surface area contributed by atoms with Crippen molar-refractivity contribution in [1.82, 2.24) is 9.78 Å². The van der Waals surface area contributed by atoms with Gasteiger partial charge in [0.15, 0.2) is 0 Å². The first-order chi connectivity index (χ1) is 6.45. The Labute approximate surface area is 82.6 Å². The molecular formula is C7H13N3O3S. The molecule has 1 heterocycles. The van der Waals surface area contributed by atoms with Crippen molar-refractivity contribution >= 4 is 15.7 Å². The number of anilines is 1. The van der Waals surface area contributed by atoms with Crippen LogP contribution < -0.4 is 4.72 Å². The fourth-order valence-electron chi connectivity index (χ4n) is 0.837. The second kappa shape index (κ2) is 3.97. The fourth-order valence-corrected chi connectivity index (χ4v) is 1.67. The summed E-state index contributed by atoms with van der Waals surface area (Å²) in [5.74, 6) is 0. The second-order valence-electron chi connectivity index (χ2n) is 3.04. The van der Waals surface area contributed by atoms with Crippen LogP contribution in [0.25, 0.3) is 0 Å². The number of hydrogen-bond acceptors (Lipinski definition) is 4. The molecule has 0 aliphatic rings. The summed E-state index contributed by atoms with van der Waals surface area (Å²) in [6, 6.07) is 0. The minimum absolute atomic E-state index is 0.396. The molecule has 80 valence electrons. The molecule has 0 bridgehead atoms. The quantitative estimate of drug-likeness (QED) is 0.718. The third-order valence-electron chi connectivity index (χ3n) is 1.75. The standard InChI is InChI=1S/C7H13N3O3S/c1-6(5-11)14(12,13)9-7-3-8-10(2)4-7/h3-4,6,9,11H,5H2,1-2H3. The minimum atomic E-state index is -3.50. The SMILES string of the molecule is CC(CO)S(=O)(=O)Nc1cnn(C)c1. The summed E-state index contributed by atoms with van der Waals surface area (Å²) >= 11 is 0. The third-order valence-corrected chi connectivity index (χ3v) is 3.48. The summed E-state index contributed by atoms with van der Waals surface area (Å²) in [5.41, 5.74) is 0.396. The van der Waals surface area contributed by atoms with E-state index in [1.54, 1.807) is 13.2 Å². The van der Waals surface area contributed by atoms with E-state index in [-0.39, 0.29) is 0 Å². The maximum atomic E-state index is 11.4. The van der Waals surface area contributed by atoms with Crippen LogP contribution in [0.5, 0.6) is 0 Å². The average Bonchev–Trinajstić information content (AvgIpc) is 2.48. The lowest BCUT2D eigenvalue weighted by Gasteiger charge is -2.10.